The van der Waals surface area contributed by atoms with Crippen molar-refractivity contribution in [2.45, 2.75) is 70.3 Å². The smallest absolute Gasteiger partial charge is 0.211 e. The third-order valence-electron chi connectivity index (χ3n) is 4.44. The Morgan fingerprint density at radius 2 is 1.65 bits per heavy atom. The van der Waals surface area contributed by atoms with Gasteiger partial charge in [0.05, 0.1) is 5.75 Å². The van der Waals surface area contributed by atoms with E-state index < -0.39 is 10.0 Å². The van der Waals surface area contributed by atoms with Gasteiger partial charge in [-0.15, -0.1) is 0 Å². The van der Waals surface area contributed by atoms with Crippen molar-refractivity contribution in [3.8, 4) is 0 Å². The van der Waals surface area contributed by atoms with E-state index in [1.807, 2.05) is 0 Å². The highest BCUT2D eigenvalue weighted by Crippen LogP contribution is 2.28. The first kappa shape index (κ1) is 16.2. The number of unbranched alkanes of at least 4 members (excludes halogenated alkanes) is 1. The molecule has 0 atom stereocenters. The zero-order chi connectivity index (χ0) is 14.3. The van der Waals surface area contributed by atoms with Gasteiger partial charge in [-0.05, 0) is 51.0 Å². The summed E-state index contributed by atoms with van der Waals surface area (Å²) in [5.74, 6) is 1.14. The topological polar surface area (TPSA) is 58.2 Å². The van der Waals surface area contributed by atoms with Gasteiger partial charge in [-0.1, -0.05) is 25.7 Å². The Morgan fingerprint density at radius 3 is 2.35 bits per heavy atom. The molecule has 0 heterocycles. The van der Waals surface area contributed by atoms with Gasteiger partial charge in [-0.3, -0.25) is 0 Å². The molecule has 0 aromatic heterocycles. The van der Waals surface area contributed by atoms with Gasteiger partial charge in [0.25, 0.3) is 0 Å². The molecule has 2 aliphatic rings. The maximum atomic E-state index is 11.8. The van der Waals surface area contributed by atoms with E-state index in [0.717, 1.165) is 37.8 Å². The molecule has 0 aliphatic heterocycles. The van der Waals surface area contributed by atoms with Crippen LogP contribution in [0.3, 0.4) is 0 Å². The molecule has 4 nitrogen and oxygen atoms in total. The Labute approximate surface area is 124 Å². The quantitative estimate of drug-likeness (QED) is 0.576. The molecule has 0 unspecified atom stereocenters. The second kappa shape index (κ2) is 8.35. The summed E-state index contributed by atoms with van der Waals surface area (Å²) < 4.78 is 26.4. The Hall–Kier alpha value is -0.130. The Bertz CT molecular complexity index is 360. The van der Waals surface area contributed by atoms with E-state index in [0.29, 0.717) is 6.54 Å². The van der Waals surface area contributed by atoms with Gasteiger partial charge >= 0.3 is 0 Å². The van der Waals surface area contributed by atoms with Gasteiger partial charge in [0.15, 0.2) is 0 Å². The van der Waals surface area contributed by atoms with Gasteiger partial charge in [0, 0.05) is 12.6 Å². The molecule has 118 valence electrons. The molecule has 2 N–H and O–H groups in total. The molecule has 0 radical (unpaired) electrons. The lowest BCUT2D eigenvalue weighted by molar-refractivity contribution is 0.480. The van der Waals surface area contributed by atoms with Crippen LogP contribution in [0, 0.1) is 5.92 Å². The zero-order valence-corrected chi connectivity index (χ0v) is 13.4. The second-order valence-electron chi connectivity index (χ2n) is 6.44. The largest absolute Gasteiger partial charge is 0.314 e. The minimum Gasteiger partial charge on any atom is -0.314 e. The van der Waals surface area contributed by atoms with Crippen molar-refractivity contribution in [3.05, 3.63) is 0 Å². The van der Waals surface area contributed by atoms with Gasteiger partial charge in [0.1, 0.15) is 0 Å². The third kappa shape index (κ3) is 7.04. The van der Waals surface area contributed by atoms with Crippen LogP contribution in [0.4, 0.5) is 0 Å². The number of rotatable bonds is 11. The fraction of sp³-hybridized carbons (Fsp3) is 1.00. The van der Waals surface area contributed by atoms with E-state index in [1.165, 1.54) is 44.9 Å². The van der Waals surface area contributed by atoms with Crippen LogP contribution >= 0.6 is 0 Å². The highest BCUT2D eigenvalue weighted by atomic mass is 32.2. The van der Waals surface area contributed by atoms with Crippen LogP contribution in [0.25, 0.3) is 0 Å². The highest BCUT2D eigenvalue weighted by Gasteiger charge is 2.19. The molecule has 2 rings (SSSR count). The van der Waals surface area contributed by atoms with E-state index in [1.54, 1.807) is 0 Å². The van der Waals surface area contributed by atoms with Crippen molar-refractivity contribution in [1.29, 1.82) is 0 Å². The lowest BCUT2D eigenvalue weighted by Crippen LogP contribution is -2.28. The summed E-state index contributed by atoms with van der Waals surface area (Å²) in [5.41, 5.74) is 0. The van der Waals surface area contributed by atoms with Crippen molar-refractivity contribution in [3.63, 3.8) is 0 Å². The number of sulfonamides is 1. The van der Waals surface area contributed by atoms with Crippen LogP contribution in [0.15, 0.2) is 0 Å². The van der Waals surface area contributed by atoms with Crippen molar-refractivity contribution < 1.29 is 8.42 Å². The molecule has 20 heavy (non-hydrogen) atoms. The van der Waals surface area contributed by atoms with Crippen LogP contribution in [-0.2, 0) is 10.0 Å². The average molecular weight is 302 g/mol. The summed E-state index contributed by atoms with van der Waals surface area (Å²) >= 11 is 0. The average Bonchev–Trinajstić information content (AvgIpc) is 3.09. The summed E-state index contributed by atoms with van der Waals surface area (Å²) in [4.78, 5) is 0. The standard InChI is InChI=1S/C15H30N2O2S/c18-20(19,13-4-3-11-16-15-9-10-15)17-12-5-8-14-6-1-2-7-14/h14-17H,1-13H2. The van der Waals surface area contributed by atoms with Crippen molar-refractivity contribution in [1.82, 2.24) is 10.0 Å². The summed E-state index contributed by atoms with van der Waals surface area (Å²) in [6, 6.07) is 0.723. The summed E-state index contributed by atoms with van der Waals surface area (Å²) in [7, 11) is -3.04. The fourth-order valence-corrected chi connectivity index (χ4v) is 4.18. The van der Waals surface area contributed by atoms with E-state index in [2.05, 4.69) is 10.0 Å². The molecule has 2 saturated carbocycles. The molecule has 5 heteroatoms. The number of hydrogen-bond acceptors (Lipinski definition) is 3. The van der Waals surface area contributed by atoms with Crippen LogP contribution < -0.4 is 10.0 Å². The van der Waals surface area contributed by atoms with Gasteiger partial charge in [-0.25, -0.2) is 13.1 Å². The van der Waals surface area contributed by atoms with Gasteiger partial charge in [-0.2, -0.15) is 0 Å². The molecule has 0 saturated heterocycles. The fourth-order valence-electron chi connectivity index (χ4n) is 3.00. The van der Waals surface area contributed by atoms with E-state index >= 15 is 0 Å². The summed E-state index contributed by atoms with van der Waals surface area (Å²) in [5, 5.41) is 3.41. The Balaban J connectivity index is 1.44. The molecule has 2 fully saturated rings. The molecule has 0 aromatic carbocycles. The Morgan fingerprint density at radius 1 is 0.900 bits per heavy atom. The van der Waals surface area contributed by atoms with Gasteiger partial charge in [0.2, 0.25) is 10.0 Å². The predicted molar refractivity (Wildman–Crippen MR) is 83.2 cm³/mol. The third-order valence-corrected chi connectivity index (χ3v) is 5.91. The summed E-state index contributed by atoms with van der Waals surface area (Å²) in [6.07, 6.45) is 11.9. The SMILES string of the molecule is O=S(=O)(CCCCNC1CC1)NCCCC1CCCC1. The van der Waals surface area contributed by atoms with Crippen molar-refractivity contribution in [2.75, 3.05) is 18.8 Å². The molecule has 0 spiro atoms. The lowest BCUT2D eigenvalue weighted by atomic mass is 10.0. The number of nitrogens with one attached hydrogen (secondary N) is 2. The first-order valence-electron chi connectivity index (χ1n) is 8.36. The second-order valence-corrected chi connectivity index (χ2v) is 8.37. The molecule has 0 aromatic rings. The summed E-state index contributed by atoms with van der Waals surface area (Å²) in [6.45, 7) is 1.58. The molecular weight excluding hydrogens is 272 g/mol. The Kier molecular flexibility index (Phi) is 6.78. The van der Waals surface area contributed by atoms with Crippen LogP contribution in [0.1, 0.15) is 64.2 Å². The molecule has 2 aliphatic carbocycles. The highest BCUT2D eigenvalue weighted by molar-refractivity contribution is 7.89. The first-order valence-corrected chi connectivity index (χ1v) is 10.0. The van der Waals surface area contributed by atoms with Crippen molar-refractivity contribution >= 4 is 10.0 Å². The van der Waals surface area contributed by atoms with E-state index in [-0.39, 0.29) is 5.75 Å². The normalized spacial score (nSPS) is 20.6. The molecular formula is C15H30N2O2S. The number of hydrogen-bond donors (Lipinski definition) is 2. The maximum Gasteiger partial charge on any atom is 0.211 e. The van der Waals surface area contributed by atoms with Crippen LogP contribution in [0.2, 0.25) is 0 Å². The monoisotopic (exact) mass is 302 g/mol. The van der Waals surface area contributed by atoms with E-state index in [4.69, 9.17) is 0 Å². The lowest BCUT2D eigenvalue weighted by Gasteiger charge is -2.10. The minimum absolute atomic E-state index is 0.281. The zero-order valence-electron chi connectivity index (χ0n) is 12.6. The van der Waals surface area contributed by atoms with Crippen LogP contribution in [-0.4, -0.2) is 33.3 Å². The first-order chi connectivity index (χ1) is 9.66. The molecule has 0 amide bonds. The van der Waals surface area contributed by atoms with Crippen molar-refractivity contribution in [2.24, 2.45) is 5.92 Å². The minimum atomic E-state index is -3.04. The van der Waals surface area contributed by atoms with Gasteiger partial charge < -0.3 is 5.32 Å². The molecule has 0 bridgehead atoms. The van der Waals surface area contributed by atoms with E-state index in [9.17, 15) is 8.42 Å². The predicted octanol–water partition coefficient (Wildman–Crippen LogP) is 2.41. The maximum absolute atomic E-state index is 11.8. The van der Waals surface area contributed by atoms with Crippen LogP contribution in [0.5, 0.6) is 0 Å².